The molecule has 0 saturated heterocycles. The Kier molecular flexibility index (Phi) is 7.05. The Morgan fingerprint density at radius 1 is 1.20 bits per heavy atom. The zero-order chi connectivity index (χ0) is 14.0. The van der Waals surface area contributed by atoms with E-state index in [1.54, 1.807) is 0 Å². The standard InChI is InChI=1S/C13H16BF4O.K/c1-9-3-2-4-11(7-9)19-13-6-5-10(15)8-12(13)14(16,17)18;/h5-6,8-9,11H,2-4,7H2,1H3;/q-1;+1. The third-order valence-corrected chi connectivity index (χ3v) is 3.51. The topological polar surface area (TPSA) is 9.23 Å². The van der Waals surface area contributed by atoms with Crippen molar-refractivity contribution in [2.45, 2.75) is 38.7 Å². The summed E-state index contributed by atoms with van der Waals surface area (Å²) in [5.74, 6) is -0.675. The second-order valence-corrected chi connectivity index (χ2v) is 5.27. The number of hydrogen-bond donors (Lipinski definition) is 0. The first-order valence-electron chi connectivity index (χ1n) is 6.52. The van der Waals surface area contributed by atoms with Crippen LogP contribution in [-0.4, -0.2) is 13.1 Å². The van der Waals surface area contributed by atoms with E-state index in [-0.39, 0.29) is 63.2 Å². The van der Waals surface area contributed by atoms with Gasteiger partial charge in [0.1, 0.15) is 5.82 Å². The predicted molar refractivity (Wildman–Crippen MR) is 67.2 cm³/mol. The molecule has 7 heteroatoms. The number of ether oxygens (including phenoxy) is 1. The molecule has 106 valence electrons. The van der Waals surface area contributed by atoms with Crippen LogP contribution in [-0.2, 0) is 0 Å². The first kappa shape index (κ1) is 18.5. The molecule has 0 aliphatic heterocycles. The minimum atomic E-state index is -5.26. The van der Waals surface area contributed by atoms with Gasteiger partial charge in [0.05, 0.1) is 11.9 Å². The summed E-state index contributed by atoms with van der Waals surface area (Å²) in [6.45, 7) is -3.20. The van der Waals surface area contributed by atoms with E-state index in [0.717, 1.165) is 37.8 Å². The van der Waals surface area contributed by atoms with Crippen LogP contribution < -0.4 is 61.6 Å². The summed E-state index contributed by atoms with van der Waals surface area (Å²) in [5.41, 5.74) is -0.974. The fraction of sp³-hybridized carbons (Fsp3) is 0.538. The van der Waals surface area contributed by atoms with E-state index in [1.165, 1.54) is 0 Å². The van der Waals surface area contributed by atoms with Crippen LogP contribution in [0, 0.1) is 11.7 Å². The Morgan fingerprint density at radius 2 is 1.90 bits per heavy atom. The molecule has 1 nitrogen and oxygen atoms in total. The molecule has 0 N–H and O–H groups in total. The van der Waals surface area contributed by atoms with Gasteiger partial charge in [0.15, 0.2) is 0 Å². The van der Waals surface area contributed by atoms with E-state index in [2.05, 4.69) is 6.92 Å². The molecule has 1 aromatic carbocycles. The van der Waals surface area contributed by atoms with Crippen molar-refractivity contribution in [3.8, 4) is 5.75 Å². The van der Waals surface area contributed by atoms with Gasteiger partial charge >= 0.3 is 58.4 Å². The summed E-state index contributed by atoms with van der Waals surface area (Å²) >= 11 is 0. The van der Waals surface area contributed by atoms with Gasteiger partial charge in [-0.3, -0.25) is 0 Å². The van der Waals surface area contributed by atoms with E-state index in [4.69, 9.17) is 4.74 Å². The largest absolute Gasteiger partial charge is 1.00 e. The Morgan fingerprint density at radius 3 is 2.50 bits per heavy atom. The molecule has 1 saturated carbocycles. The van der Waals surface area contributed by atoms with Crippen molar-refractivity contribution in [1.82, 2.24) is 0 Å². The maximum atomic E-state index is 13.0. The van der Waals surface area contributed by atoms with E-state index in [0.29, 0.717) is 12.0 Å². The number of rotatable bonds is 3. The van der Waals surface area contributed by atoms with Crippen molar-refractivity contribution >= 4 is 12.4 Å². The summed E-state index contributed by atoms with van der Waals surface area (Å²) in [7, 11) is 0. The van der Waals surface area contributed by atoms with Gasteiger partial charge in [-0.25, -0.2) is 4.39 Å². The Bertz CT molecular complexity index is 452. The molecule has 0 amide bonds. The smallest absolute Gasteiger partial charge is 0.493 e. The van der Waals surface area contributed by atoms with Crippen molar-refractivity contribution in [3.05, 3.63) is 24.0 Å². The molecule has 1 aromatic rings. The second-order valence-electron chi connectivity index (χ2n) is 5.27. The van der Waals surface area contributed by atoms with Crippen LogP contribution in [0.5, 0.6) is 5.75 Å². The summed E-state index contributed by atoms with van der Waals surface area (Å²) in [4.78, 5) is 0. The third-order valence-electron chi connectivity index (χ3n) is 3.51. The normalized spacial score (nSPS) is 23.1. The van der Waals surface area contributed by atoms with Gasteiger partial charge in [-0.1, -0.05) is 18.8 Å². The van der Waals surface area contributed by atoms with Crippen LogP contribution in [0.2, 0.25) is 0 Å². The van der Waals surface area contributed by atoms with Crippen LogP contribution in [0.1, 0.15) is 32.6 Å². The van der Waals surface area contributed by atoms with E-state index < -0.39 is 18.3 Å². The third kappa shape index (κ3) is 5.02. The molecule has 1 aliphatic rings. The minimum Gasteiger partial charge on any atom is -0.493 e. The summed E-state index contributed by atoms with van der Waals surface area (Å²) in [6.07, 6.45) is 3.35. The number of benzene rings is 1. The number of halogens is 4. The predicted octanol–water partition coefficient (Wildman–Crippen LogP) is 0.842. The first-order valence-corrected chi connectivity index (χ1v) is 6.52. The fourth-order valence-corrected chi connectivity index (χ4v) is 2.55. The molecular formula is C13H16BF4KO. The average Bonchev–Trinajstić information content (AvgIpc) is 2.30. The van der Waals surface area contributed by atoms with Crippen LogP contribution in [0.25, 0.3) is 0 Å². The van der Waals surface area contributed by atoms with Gasteiger partial charge < -0.3 is 17.7 Å². The van der Waals surface area contributed by atoms with Crippen LogP contribution in [0.3, 0.4) is 0 Å². The van der Waals surface area contributed by atoms with E-state index in [1.807, 2.05) is 0 Å². The van der Waals surface area contributed by atoms with Crippen LogP contribution in [0.15, 0.2) is 18.2 Å². The van der Waals surface area contributed by atoms with E-state index >= 15 is 0 Å². The van der Waals surface area contributed by atoms with Crippen LogP contribution in [0.4, 0.5) is 17.3 Å². The van der Waals surface area contributed by atoms with Gasteiger partial charge in [-0.2, -0.15) is 0 Å². The molecular weight excluding hydrogens is 298 g/mol. The zero-order valence-corrected chi connectivity index (χ0v) is 14.8. The zero-order valence-electron chi connectivity index (χ0n) is 11.7. The van der Waals surface area contributed by atoms with Crippen molar-refractivity contribution in [2.75, 3.05) is 0 Å². The molecule has 0 radical (unpaired) electrons. The van der Waals surface area contributed by atoms with Crippen molar-refractivity contribution in [3.63, 3.8) is 0 Å². The fourth-order valence-electron chi connectivity index (χ4n) is 2.55. The summed E-state index contributed by atoms with van der Waals surface area (Å²) in [5, 5.41) is 0. The molecule has 1 fully saturated rings. The number of hydrogen-bond acceptors (Lipinski definition) is 1. The maximum absolute atomic E-state index is 13.0. The summed E-state index contributed by atoms with van der Waals surface area (Å²) < 4.78 is 57.1. The van der Waals surface area contributed by atoms with Gasteiger partial charge in [-0.05, 0) is 43.4 Å². The molecule has 2 unspecified atom stereocenters. The molecule has 0 heterocycles. The molecule has 20 heavy (non-hydrogen) atoms. The van der Waals surface area contributed by atoms with Crippen molar-refractivity contribution in [1.29, 1.82) is 0 Å². The van der Waals surface area contributed by atoms with E-state index in [9.17, 15) is 17.3 Å². The van der Waals surface area contributed by atoms with Gasteiger partial charge in [0, 0.05) is 0 Å². The van der Waals surface area contributed by atoms with Gasteiger partial charge in [0.25, 0.3) is 0 Å². The molecule has 2 rings (SSSR count). The monoisotopic (exact) mass is 314 g/mol. The molecule has 1 aliphatic carbocycles. The first-order chi connectivity index (χ1) is 8.86. The minimum absolute atomic E-state index is 0. The van der Waals surface area contributed by atoms with Crippen molar-refractivity contribution < 1.29 is 73.5 Å². The molecule has 0 spiro atoms. The molecule has 0 aromatic heterocycles. The molecule has 2 atom stereocenters. The quantitative estimate of drug-likeness (QED) is 0.593. The average molecular weight is 314 g/mol. The summed E-state index contributed by atoms with van der Waals surface area (Å²) in [6, 6.07) is 2.60. The Labute approximate surface area is 158 Å². The van der Waals surface area contributed by atoms with Crippen LogP contribution >= 0.6 is 0 Å². The maximum Gasteiger partial charge on any atom is 1.00 e. The van der Waals surface area contributed by atoms with Gasteiger partial charge in [-0.15, -0.1) is 0 Å². The Balaban J connectivity index is 0.00000200. The van der Waals surface area contributed by atoms with Gasteiger partial charge in [0.2, 0.25) is 0 Å². The molecule has 0 bridgehead atoms. The Hall–Kier alpha value is 0.441. The van der Waals surface area contributed by atoms with Crippen molar-refractivity contribution in [2.24, 2.45) is 5.92 Å². The second kappa shape index (κ2) is 7.63. The SMILES string of the molecule is CC1CCCC(Oc2ccc(F)cc2[B-](F)(F)F)C1.[K+].